The summed E-state index contributed by atoms with van der Waals surface area (Å²) in [6.45, 7) is 9.49. The highest BCUT2D eigenvalue weighted by Crippen LogP contribution is 2.37. The van der Waals surface area contributed by atoms with Crippen molar-refractivity contribution in [2.45, 2.75) is 34.2 Å². The van der Waals surface area contributed by atoms with Crippen LogP contribution in [0.25, 0.3) is 27.2 Å². The molecule has 0 bridgehead atoms. The molecule has 178 valence electrons. The molecule has 3 aromatic carbocycles. The van der Waals surface area contributed by atoms with Crippen molar-refractivity contribution in [3.05, 3.63) is 83.3 Å². The minimum atomic E-state index is 0.607. The van der Waals surface area contributed by atoms with Gasteiger partial charge in [0.25, 0.3) is 0 Å². The van der Waals surface area contributed by atoms with E-state index in [4.69, 9.17) is 9.47 Å². The van der Waals surface area contributed by atoms with Crippen LogP contribution in [-0.2, 0) is 6.54 Å². The lowest BCUT2D eigenvalue weighted by molar-refractivity contribution is 0.336. The van der Waals surface area contributed by atoms with Crippen LogP contribution < -0.4 is 14.8 Å². The Hall–Kier alpha value is -4.06. The number of hydrogen-bond acceptors (Lipinski definition) is 5. The van der Waals surface area contributed by atoms with Crippen molar-refractivity contribution in [3.8, 4) is 17.2 Å². The van der Waals surface area contributed by atoms with Crippen molar-refractivity contribution < 1.29 is 9.47 Å². The Kier molecular flexibility index (Phi) is 6.03. The van der Waals surface area contributed by atoms with Crippen LogP contribution in [0.2, 0.25) is 0 Å². The summed E-state index contributed by atoms with van der Waals surface area (Å²) in [5.41, 5.74) is 5.26. The summed E-state index contributed by atoms with van der Waals surface area (Å²) in [5.74, 6) is 2.33. The van der Waals surface area contributed by atoms with E-state index in [1.807, 2.05) is 32.0 Å². The molecule has 0 aliphatic heterocycles. The van der Waals surface area contributed by atoms with E-state index in [2.05, 4.69) is 76.4 Å². The number of aromatic nitrogens is 3. The van der Waals surface area contributed by atoms with Gasteiger partial charge in [0.2, 0.25) is 0 Å². The van der Waals surface area contributed by atoms with Gasteiger partial charge in [0.1, 0.15) is 11.5 Å². The molecule has 0 fully saturated rings. The first kappa shape index (κ1) is 22.7. The van der Waals surface area contributed by atoms with E-state index in [0.29, 0.717) is 13.2 Å². The Labute approximate surface area is 205 Å². The van der Waals surface area contributed by atoms with E-state index in [1.54, 1.807) is 7.11 Å². The number of nitrogens with one attached hydrogen (secondary N) is 1. The first-order chi connectivity index (χ1) is 17.0. The van der Waals surface area contributed by atoms with E-state index in [-0.39, 0.29) is 0 Å². The molecule has 2 aromatic heterocycles. The number of aryl methyl sites for hydroxylation is 3. The largest absolute Gasteiger partial charge is 0.494 e. The number of hydrogen-bond donors (Lipinski definition) is 1. The second-order valence-corrected chi connectivity index (χ2v) is 8.65. The van der Waals surface area contributed by atoms with Crippen molar-refractivity contribution in [1.82, 2.24) is 14.8 Å². The van der Waals surface area contributed by atoms with Crippen LogP contribution >= 0.6 is 0 Å². The normalized spacial score (nSPS) is 11.2. The first-order valence-corrected chi connectivity index (χ1v) is 11.9. The Bertz CT molecular complexity index is 1530. The number of rotatable bonds is 7. The molecule has 35 heavy (non-hydrogen) atoms. The standard InChI is InChI=1S/C29H30N4O2/c1-6-35-23-14-15-25(26(16-23)34-5)33-19(3)27-18(2)31-32-29(28(27)20(33)4)30-17-22-12-9-11-21-10-7-8-13-24(21)22/h7-16H,6,17H2,1-5H3,(H,30,32). The molecule has 6 nitrogen and oxygen atoms in total. The van der Waals surface area contributed by atoms with E-state index in [1.165, 1.54) is 16.3 Å². The molecule has 0 radical (unpaired) electrons. The smallest absolute Gasteiger partial charge is 0.158 e. The molecule has 0 unspecified atom stereocenters. The number of ether oxygens (including phenoxy) is 2. The molecular weight excluding hydrogens is 436 g/mol. The first-order valence-electron chi connectivity index (χ1n) is 11.9. The molecular formula is C29H30N4O2. The molecule has 0 atom stereocenters. The molecule has 0 spiro atoms. The fourth-order valence-corrected chi connectivity index (χ4v) is 5.00. The van der Waals surface area contributed by atoms with Crippen molar-refractivity contribution in [3.63, 3.8) is 0 Å². The maximum atomic E-state index is 5.75. The average Bonchev–Trinajstić information content (AvgIpc) is 3.14. The van der Waals surface area contributed by atoms with Gasteiger partial charge in [0, 0.05) is 34.8 Å². The van der Waals surface area contributed by atoms with Crippen LogP contribution in [0.15, 0.2) is 60.7 Å². The van der Waals surface area contributed by atoms with Crippen molar-refractivity contribution in [2.24, 2.45) is 0 Å². The molecule has 5 rings (SSSR count). The van der Waals surface area contributed by atoms with Gasteiger partial charge in [-0.2, -0.15) is 5.10 Å². The summed E-state index contributed by atoms with van der Waals surface area (Å²) < 4.78 is 13.7. The molecule has 0 aliphatic carbocycles. The van der Waals surface area contributed by atoms with Gasteiger partial charge in [-0.25, -0.2) is 0 Å². The zero-order chi connectivity index (χ0) is 24.5. The van der Waals surface area contributed by atoms with Gasteiger partial charge < -0.3 is 19.4 Å². The zero-order valence-corrected chi connectivity index (χ0v) is 20.8. The van der Waals surface area contributed by atoms with Gasteiger partial charge in [-0.15, -0.1) is 5.10 Å². The van der Waals surface area contributed by atoms with Gasteiger partial charge >= 0.3 is 0 Å². The number of methoxy groups -OCH3 is 1. The van der Waals surface area contributed by atoms with Crippen LogP contribution in [0.4, 0.5) is 5.82 Å². The van der Waals surface area contributed by atoms with Gasteiger partial charge in [0.15, 0.2) is 5.82 Å². The maximum Gasteiger partial charge on any atom is 0.158 e. The highest BCUT2D eigenvalue weighted by atomic mass is 16.5. The molecule has 0 saturated heterocycles. The molecule has 6 heteroatoms. The van der Waals surface area contributed by atoms with Crippen molar-refractivity contribution in [2.75, 3.05) is 19.0 Å². The lowest BCUT2D eigenvalue weighted by Crippen LogP contribution is -2.05. The van der Waals surface area contributed by atoms with Crippen LogP contribution in [0.5, 0.6) is 11.5 Å². The van der Waals surface area contributed by atoms with Crippen molar-refractivity contribution >= 4 is 27.4 Å². The Morgan fingerprint density at radius 2 is 1.66 bits per heavy atom. The van der Waals surface area contributed by atoms with E-state index in [0.717, 1.165) is 50.9 Å². The predicted octanol–water partition coefficient (Wildman–Crippen LogP) is 6.52. The lowest BCUT2D eigenvalue weighted by atomic mass is 10.0. The van der Waals surface area contributed by atoms with Gasteiger partial charge in [0.05, 0.1) is 25.1 Å². The fraction of sp³-hybridized carbons (Fsp3) is 0.241. The number of nitrogens with zero attached hydrogens (tertiary/aromatic N) is 3. The van der Waals surface area contributed by atoms with Crippen LogP contribution in [-0.4, -0.2) is 28.5 Å². The molecule has 2 heterocycles. The third-order valence-corrected chi connectivity index (χ3v) is 6.57. The van der Waals surface area contributed by atoms with Gasteiger partial charge in [-0.1, -0.05) is 42.5 Å². The SMILES string of the molecule is CCOc1ccc(-n2c(C)c3c(C)nnc(NCc4cccc5ccccc45)c3c2C)c(OC)c1. The Morgan fingerprint density at radius 1 is 0.886 bits per heavy atom. The number of anilines is 1. The minimum Gasteiger partial charge on any atom is -0.494 e. The molecule has 5 aromatic rings. The minimum absolute atomic E-state index is 0.607. The van der Waals surface area contributed by atoms with Crippen LogP contribution in [0.1, 0.15) is 29.6 Å². The van der Waals surface area contributed by atoms with E-state index in [9.17, 15) is 0 Å². The highest BCUT2D eigenvalue weighted by Gasteiger charge is 2.21. The van der Waals surface area contributed by atoms with E-state index >= 15 is 0 Å². The third-order valence-electron chi connectivity index (χ3n) is 6.57. The summed E-state index contributed by atoms with van der Waals surface area (Å²) >= 11 is 0. The second-order valence-electron chi connectivity index (χ2n) is 8.65. The average molecular weight is 467 g/mol. The van der Waals surface area contributed by atoms with Gasteiger partial charge in [-0.3, -0.25) is 0 Å². The number of fused-ring (bicyclic) bond motifs is 2. The summed E-state index contributed by atoms with van der Waals surface area (Å²) in [6.07, 6.45) is 0. The van der Waals surface area contributed by atoms with E-state index < -0.39 is 0 Å². The van der Waals surface area contributed by atoms with Gasteiger partial charge in [-0.05, 0) is 56.2 Å². The van der Waals surface area contributed by atoms with Crippen LogP contribution in [0, 0.1) is 20.8 Å². The zero-order valence-electron chi connectivity index (χ0n) is 20.8. The predicted molar refractivity (Wildman–Crippen MR) is 142 cm³/mol. The fourth-order valence-electron chi connectivity index (χ4n) is 5.00. The summed E-state index contributed by atoms with van der Waals surface area (Å²) in [6, 6.07) is 20.8. The second kappa shape index (κ2) is 9.29. The summed E-state index contributed by atoms with van der Waals surface area (Å²) in [4.78, 5) is 0. The highest BCUT2D eigenvalue weighted by molar-refractivity contribution is 5.98. The topological polar surface area (TPSA) is 61.2 Å². The maximum absolute atomic E-state index is 5.75. The Balaban J connectivity index is 1.60. The monoisotopic (exact) mass is 466 g/mol. The van der Waals surface area contributed by atoms with Crippen LogP contribution in [0.3, 0.4) is 0 Å². The van der Waals surface area contributed by atoms with Crippen molar-refractivity contribution in [1.29, 1.82) is 0 Å². The molecule has 0 saturated carbocycles. The summed E-state index contributed by atoms with van der Waals surface area (Å²) in [5, 5.41) is 17.3. The third kappa shape index (κ3) is 3.95. The lowest BCUT2D eigenvalue weighted by Gasteiger charge is -2.15. The molecule has 0 aliphatic rings. The Morgan fingerprint density at radius 3 is 2.46 bits per heavy atom. The molecule has 1 N–H and O–H groups in total. The summed E-state index contributed by atoms with van der Waals surface area (Å²) in [7, 11) is 1.69. The molecule has 0 amide bonds. The number of benzene rings is 3. The quantitative estimate of drug-likeness (QED) is 0.296.